The van der Waals surface area contributed by atoms with Gasteiger partial charge in [0.1, 0.15) is 0 Å². The minimum atomic E-state index is -0.193. The Hall–Kier alpha value is -1.49. The minimum Gasteiger partial charge on any atom is -0.469 e. The lowest BCUT2D eigenvalue weighted by atomic mass is 10.2. The lowest BCUT2D eigenvalue weighted by Gasteiger charge is -2.06. The largest absolute Gasteiger partial charge is 0.469 e. The highest BCUT2D eigenvalue weighted by atomic mass is 32.2. The first-order chi connectivity index (χ1) is 8.58. The van der Waals surface area contributed by atoms with E-state index in [2.05, 4.69) is 20.8 Å². The highest BCUT2D eigenvalue weighted by Gasteiger charge is 2.13. The number of H-pyrrole nitrogens is 1. The van der Waals surface area contributed by atoms with Crippen LogP contribution >= 0.6 is 11.8 Å². The van der Waals surface area contributed by atoms with Crippen molar-refractivity contribution in [2.75, 3.05) is 7.11 Å². The van der Waals surface area contributed by atoms with Gasteiger partial charge in [0.2, 0.25) is 0 Å². The number of fused-ring (bicyclic) bond motifs is 1. The number of nitrogens with one attached hydrogen (secondary N) is 1. The molecule has 1 heterocycles. The van der Waals surface area contributed by atoms with Crippen molar-refractivity contribution >= 4 is 28.8 Å². The van der Waals surface area contributed by atoms with Crippen molar-refractivity contribution in [2.24, 2.45) is 0 Å². The first-order valence-electron chi connectivity index (χ1n) is 5.78. The average molecular weight is 264 g/mol. The molecule has 1 aromatic heterocycles. The smallest absolute Gasteiger partial charge is 0.306 e. The molecule has 2 rings (SSSR count). The number of ether oxygens (including phenoxy) is 1. The summed E-state index contributed by atoms with van der Waals surface area (Å²) < 4.78 is 4.65. The first-order valence-corrected chi connectivity index (χ1v) is 6.66. The molecule has 18 heavy (non-hydrogen) atoms. The summed E-state index contributed by atoms with van der Waals surface area (Å²) in [5, 5.41) is 0.978. The molecule has 0 spiro atoms. The number of hydrogen-bond donors (Lipinski definition) is 1. The van der Waals surface area contributed by atoms with Gasteiger partial charge in [0.15, 0.2) is 5.16 Å². The molecule has 0 radical (unpaired) electrons. The van der Waals surface area contributed by atoms with Crippen LogP contribution in [0.4, 0.5) is 0 Å². The highest BCUT2D eigenvalue weighted by molar-refractivity contribution is 7.99. The second kappa shape index (κ2) is 5.44. The molecule has 0 aliphatic rings. The molecule has 1 atom stereocenters. The van der Waals surface area contributed by atoms with Crippen LogP contribution in [-0.2, 0) is 9.53 Å². The zero-order valence-electron chi connectivity index (χ0n) is 10.7. The first kappa shape index (κ1) is 13.0. The maximum Gasteiger partial charge on any atom is 0.306 e. The molecular formula is C13H16N2O2S. The van der Waals surface area contributed by atoms with Gasteiger partial charge in [-0.25, -0.2) is 4.98 Å². The molecule has 1 aromatic carbocycles. The van der Waals surface area contributed by atoms with E-state index in [0.717, 1.165) is 16.2 Å². The number of thioether (sulfide) groups is 1. The number of rotatable bonds is 4. The number of hydrogen-bond acceptors (Lipinski definition) is 4. The van der Waals surface area contributed by atoms with E-state index in [4.69, 9.17) is 0 Å². The Morgan fingerprint density at radius 1 is 1.56 bits per heavy atom. The molecule has 5 heteroatoms. The maximum atomic E-state index is 11.2. The molecular weight excluding hydrogens is 248 g/mol. The Balaban J connectivity index is 2.09. The third-order valence-electron chi connectivity index (χ3n) is 2.61. The van der Waals surface area contributed by atoms with Crippen molar-refractivity contribution < 1.29 is 9.53 Å². The molecule has 0 bridgehead atoms. The summed E-state index contributed by atoms with van der Waals surface area (Å²) in [7, 11) is 1.41. The molecule has 0 amide bonds. The van der Waals surface area contributed by atoms with Crippen LogP contribution in [0.5, 0.6) is 0 Å². The quantitative estimate of drug-likeness (QED) is 0.681. The number of esters is 1. The summed E-state index contributed by atoms with van der Waals surface area (Å²) in [5.74, 6) is -0.193. The Morgan fingerprint density at radius 2 is 2.33 bits per heavy atom. The predicted octanol–water partition coefficient (Wildman–Crippen LogP) is 2.92. The molecule has 0 saturated carbocycles. The van der Waals surface area contributed by atoms with Gasteiger partial charge in [0.05, 0.1) is 24.6 Å². The van der Waals surface area contributed by atoms with Crippen molar-refractivity contribution in [1.82, 2.24) is 9.97 Å². The third kappa shape index (κ3) is 3.04. The number of methoxy groups -OCH3 is 1. The van der Waals surface area contributed by atoms with Crippen molar-refractivity contribution in [3.05, 3.63) is 23.8 Å². The summed E-state index contributed by atoms with van der Waals surface area (Å²) in [5.41, 5.74) is 3.18. The van der Waals surface area contributed by atoms with Gasteiger partial charge in [-0.2, -0.15) is 0 Å². The van der Waals surface area contributed by atoms with Crippen LogP contribution in [0.2, 0.25) is 0 Å². The lowest BCUT2D eigenvalue weighted by Crippen LogP contribution is -2.08. The number of aryl methyl sites for hydroxylation is 1. The second-order valence-electron chi connectivity index (χ2n) is 4.27. The number of aromatic nitrogens is 2. The summed E-state index contributed by atoms with van der Waals surface area (Å²) in [6.07, 6.45) is 0.386. The number of nitrogens with zero attached hydrogens (tertiary/aromatic N) is 1. The average Bonchev–Trinajstić information content (AvgIpc) is 2.69. The minimum absolute atomic E-state index is 0.138. The van der Waals surface area contributed by atoms with E-state index < -0.39 is 0 Å². The van der Waals surface area contributed by atoms with Crippen LogP contribution in [0.15, 0.2) is 23.4 Å². The Labute approximate surface area is 110 Å². The molecule has 0 fully saturated rings. The number of benzene rings is 1. The Bertz CT molecular complexity index is 565. The predicted molar refractivity (Wildman–Crippen MR) is 72.8 cm³/mol. The maximum absolute atomic E-state index is 11.2. The molecule has 1 N–H and O–H groups in total. The van der Waals surface area contributed by atoms with Gasteiger partial charge in [0.25, 0.3) is 0 Å². The fraction of sp³-hybridized carbons (Fsp3) is 0.385. The van der Waals surface area contributed by atoms with Gasteiger partial charge in [-0.3, -0.25) is 4.79 Å². The van der Waals surface area contributed by atoms with Gasteiger partial charge in [-0.1, -0.05) is 24.8 Å². The number of carbonyl (C=O) groups excluding carboxylic acids is 1. The second-order valence-corrected chi connectivity index (χ2v) is 5.70. The summed E-state index contributed by atoms with van der Waals surface area (Å²) >= 11 is 1.55. The van der Waals surface area contributed by atoms with Crippen LogP contribution in [-0.4, -0.2) is 28.3 Å². The monoisotopic (exact) mass is 264 g/mol. The number of aromatic amines is 1. The Kier molecular flexibility index (Phi) is 3.91. The van der Waals surface area contributed by atoms with Crippen molar-refractivity contribution in [2.45, 2.75) is 30.7 Å². The van der Waals surface area contributed by atoms with Crippen LogP contribution in [0.25, 0.3) is 11.0 Å². The number of imidazole rings is 1. The van der Waals surface area contributed by atoms with Crippen LogP contribution < -0.4 is 0 Å². The van der Waals surface area contributed by atoms with Crippen molar-refractivity contribution in [3.63, 3.8) is 0 Å². The van der Waals surface area contributed by atoms with E-state index in [1.54, 1.807) is 11.8 Å². The summed E-state index contributed by atoms with van der Waals surface area (Å²) in [6.45, 7) is 4.03. The zero-order chi connectivity index (χ0) is 13.1. The molecule has 1 unspecified atom stereocenters. The molecule has 0 aliphatic heterocycles. The van der Waals surface area contributed by atoms with Crippen molar-refractivity contribution in [1.29, 1.82) is 0 Å². The van der Waals surface area contributed by atoms with E-state index in [1.165, 1.54) is 12.7 Å². The van der Waals surface area contributed by atoms with Crippen molar-refractivity contribution in [3.8, 4) is 0 Å². The van der Waals surface area contributed by atoms with Gasteiger partial charge >= 0.3 is 5.97 Å². The molecule has 0 aliphatic carbocycles. The molecule has 0 saturated heterocycles. The summed E-state index contributed by atoms with van der Waals surface area (Å²) in [4.78, 5) is 18.9. The van der Waals surface area contributed by atoms with Gasteiger partial charge in [-0.05, 0) is 24.6 Å². The van der Waals surface area contributed by atoms with E-state index in [1.807, 2.05) is 26.0 Å². The molecule has 96 valence electrons. The fourth-order valence-corrected chi connectivity index (χ4v) is 2.63. The zero-order valence-corrected chi connectivity index (χ0v) is 11.5. The normalized spacial score (nSPS) is 12.6. The van der Waals surface area contributed by atoms with Gasteiger partial charge in [-0.15, -0.1) is 0 Å². The number of carbonyl (C=O) groups is 1. The van der Waals surface area contributed by atoms with Crippen LogP contribution in [0.1, 0.15) is 18.9 Å². The SMILES string of the molecule is COC(=O)CC(C)Sc1nc2ccc(C)cc2[nH]1. The Morgan fingerprint density at radius 3 is 3.06 bits per heavy atom. The van der Waals surface area contributed by atoms with Gasteiger partial charge < -0.3 is 9.72 Å². The highest BCUT2D eigenvalue weighted by Crippen LogP contribution is 2.25. The molecule has 4 nitrogen and oxygen atoms in total. The third-order valence-corrected chi connectivity index (χ3v) is 3.60. The standard InChI is InChI=1S/C13H16N2O2S/c1-8-4-5-10-11(6-8)15-13(14-10)18-9(2)7-12(16)17-3/h4-6,9H,7H2,1-3H3,(H,14,15). The van der Waals surface area contributed by atoms with E-state index in [9.17, 15) is 4.79 Å². The summed E-state index contributed by atoms with van der Waals surface area (Å²) in [6, 6.07) is 6.10. The van der Waals surface area contributed by atoms with Crippen LogP contribution in [0, 0.1) is 6.92 Å². The topological polar surface area (TPSA) is 55.0 Å². The van der Waals surface area contributed by atoms with E-state index in [0.29, 0.717) is 6.42 Å². The van der Waals surface area contributed by atoms with Crippen LogP contribution in [0.3, 0.4) is 0 Å². The molecule has 2 aromatic rings. The lowest BCUT2D eigenvalue weighted by molar-refractivity contribution is -0.140. The van der Waals surface area contributed by atoms with Gasteiger partial charge in [0, 0.05) is 5.25 Å². The fourth-order valence-electron chi connectivity index (χ4n) is 1.71. The van der Waals surface area contributed by atoms with E-state index in [-0.39, 0.29) is 11.2 Å². The van der Waals surface area contributed by atoms with E-state index >= 15 is 0 Å².